The minimum Gasteiger partial charge on any atom is -0.477 e. The molecule has 0 aliphatic carbocycles. The first-order valence-corrected chi connectivity index (χ1v) is 13.3. The molecule has 2 N–H and O–H groups in total. The van der Waals surface area contributed by atoms with Crippen LogP contribution in [0.15, 0.2) is 24.7 Å². The van der Waals surface area contributed by atoms with Crippen molar-refractivity contribution in [2.75, 3.05) is 68.5 Å². The van der Waals surface area contributed by atoms with Crippen molar-refractivity contribution in [1.82, 2.24) is 29.7 Å². The molecule has 2 aliphatic rings. The van der Waals surface area contributed by atoms with Crippen molar-refractivity contribution in [3.63, 3.8) is 0 Å². The molecule has 15 heteroatoms. The second kappa shape index (κ2) is 13.5. The van der Waals surface area contributed by atoms with Gasteiger partial charge in [0, 0.05) is 58.8 Å². The van der Waals surface area contributed by atoms with Crippen LogP contribution in [0.1, 0.15) is 32.6 Å². The minimum atomic E-state index is -2.61. The molecule has 2 aliphatic heterocycles. The number of nitrogens with zero attached hydrogens (tertiary/aromatic N) is 7. The van der Waals surface area contributed by atoms with Gasteiger partial charge in [0.15, 0.2) is 5.82 Å². The van der Waals surface area contributed by atoms with Crippen LogP contribution in [0, 0.1) is 0 Å². The zero-order valence-electron chi connectivity index (χ0n) is 22.7. The summed E-state index contributed by atoms with van der Waals surface area (Å²) in [5.74, 6) is -1.21. The molecule has 2 saturated heterocycles. The number of halogens is 2. The Morgan fingerprint density at radius 1 is 1.12 bits per heavy atom. The number of hydrogen-bond acceptors (Lipinski definition) is 10. The predicted octanol–water partition coefficient (Wildman–Crippen LogP) is 3.08. The summed E-state index contributed by atoms with van der Waals surface area (Å²) >= 11 is 0. The van der Waals surface area contributed by atoms with E-state index in [4.69, 9.17) is 9.47 Å². The summed E-state index contributed by atoms with van der Waals surface area (Å²) in [6.45, 7) is 4.54. The Morgan fingerprint density at radius 2 is 1.93 bits per heavy atom. The maximum atomic E-state index is 13.3. The highest BCUT2D eigenvalue weighted by Crippen LogP contribution is 2.27. The lowest BCUT2D eigenvalue weighted by Gasteiger charge is -2.37. The summed E-state index contributed by atoms with van der Waals surface area (Å²) in [6.07, 6.45) is 5.00. The lowest BCUT2D eigenvalue weighted by atomic mass is 10.1. The lowest BCUT2D eigenvalue weighted by Crippen LogP contribution is -2.50. The molecule has 0 saturated carbocycles. The number of likely N-dealkylation sites (tertiary alicyclic amines) is 1. The number of ether oxygens (including phenoxy) is 2. The molecule has 2 aromatic rings. The van der Waals surface area contributed by atoms with Gasteiger partial charge in [-0.25, -0.2) is 33.3 Å². The van der Waals surface area contributed by atoms with Crippen LogP contribution < -0.4 is 20.3 Å². The van der Waals surface area contributed by atoms with E-state index in [9.17, 15) is 18.4 Å². The highest BCUT2D eigenvalue weighted by Gasteiger charge is 2.33. The molecule has 4 rings (SSSR count). The number of anilines is 3. The van der Waals surface area contributed by atoms with Crippen LogP contribution in [0.5, 0.6) is 5.88 Å². The first kappa shape index (κ1) is 29.1. The van der Waals surface area contributed by atoms with E-state index in [0.29, 0.717) is 43.9 Å². The van der Waals surface area contributed by atoms with Crippen LogP contribution in [0.25, 0.3) is 0 Å². The Kier molecular flexibility index (Phi) is 9.79. The van der Waals surface area contributed by atoms with Gasteiger partial charge in [-0.2, -0.15) is 4.98 Å². The Labute approximate surface area is 231 Å². The summed E-state index contributed by atoms with van der Waals surface area (Å²) in [7, 11) is 1.72. The highest BCUT2D eigenvalue weighted by atomic mass is 19.3. The van der Waals surface area contributed by atoms with Crippen molar-refractivity contribution in [2.24, 2.45) is 0 Å². The lowest BCUT2D eigenvalue weighted by molar-refractivity contribution is -0.0570. The van der Waals surface area contributed by atoms with Gasteiger partial charge in [-0.05, 0) is 25.8 Å². The molecular weight excluding hydrogens is 528 g/mol. The normalized spacial score (nSPS) is 19.0. The third-order valence-electron chi connectivity index (χ3n) is 6.80. The number of piperidine rings is 2. The number of hydrogen-bond donors (Lipinski definition) is 2. The molecule has 2 fully saturated rings. The zero-order valence-corrected chi connectivity index (χ0v) is 22.7. The van der Waals surface area contributed by atoms with Crippen LogP contribution >= 0.6 is 0 Å². The van der Waals surface area contributed by atoms with Crippen molar-refractivity contribution < 1.29 is 27.8 Å². The summed E-state index contributed by atoms with van der Waals surface area (Å²) in [6, 6.07) is 1.13. The average molecular weight is 564 g/mol. The van der Waals surface area contributed by atoms with Crippen molar-refractivity contribution >= 4 is 29.7 Å². The molecule has 0 unspecified atom stereocenters. The fourth-order valence-electron chi connectivity index (χ4n) is 4.50. The second-order valence-electron chi connectivity index (χ2n) is 9.66. The second-order valence-corrected chi connectivity index (χ2v) is 9.66. The molecule has 1 atom stereocenters. The molecule has 2 aromatic heterocycles. The van der Waals surface area contributed by atoms with E-state index in [-0.39, 0.29) is 50.4 Å². The average Bonchev–Trinajstić information content (AvgIpc) is 2.95. The van der Waals surface area contributed by atoms with E-state index in [1.807, 2.05) is 16.7 Å². The van der Waals surface area contributed by atoms with Crippen molar-refractivity contribution in [3.05, 3.63) is 24.7 Å². The highest BCUT2D eigenvalue weighted by molar-refractivity contribution is 5.88. The molecule has 0 spiro atoms. The van der Waals surface area contributed by atoms with Gasteiger partial charge in [0.25, 0.3) is 5.92 Å². The fraction of sp³-hybridized carbons (Fsp3) is 0.600. The van der Waals surface area contributed by atoms with Crippen molar-refractivity contribution in [3.8, 4) is 5.88 Å². The first-order valence-electron chi connectivity index (χ1n) is 13.3. The van der Waals surface area contributed by atoms with Gasteiger partial charge < -0.3 is 19.3 Å². The maximum absolute atomic E-state index is 13.3. The van der Waals surface area contributed by atoms with E-state index in [0.717, 1.165) is 12.8 Å². The van der Waals surface area contributed by atoms with Gasteiger partial charge in [-0.1, -0.05) is 0 Å². The first-order chi connectivity index (χ1) is 19.2. The number of nitrogens with one attached hydrogen (secondary N) is 2. The van der Waals surface area contributed by atoms with Crippen molar-refractivity contribution in [2.45, 2.75) is 44.6 Å². The number of urea groups is 1. The van der Waals surface area contributed by atoms with Crippen LogP contribution in [0.2, 0.25) is 0 Å². The molecular formula is C25H35F2N9O4. The fourth-order valence-corrected chi connectivity index (χ4v) is 4.50. The smallest absolute Gasteiger partial charge is 0.412 e. The largest absolute Gasteiger partial charge is 0.477 e. The summed E-state index contributed by atoms with van der Waals surface area (Å²) < 4.78 is 37.0. The molecule has 4 heterocycles. The Balaban J connectivity index is 1.25. The number of aromatic nitrogens is 4. The third kappa shape index (κ3) is 8.31. The molecule has 0 radical (unpaired) electrons. The van der Waals surface area contributed by atoms with E-state index in [1.165, 1.54) is 18.6 Å². The van der Waals surface area contributed by atoms with E-state index >= 15 is 0 Å². The van der Waals surface area contributed by atoms with Crippen LogP contribution in [-0.2, 0) is 4.74 Å². The number of rotatable bonds is 9. The predicted molar refractivity (Wildman–Crippen MR) is 143 cm³/mol. The Morgan fingerprint density at radius 3 is 2.65 bits per heavy atom. The quantitative estimate of drug-likeness (QED) is 0.468. The Bertz CT molecular complexity index is 1130. The molecule has 13 nitrogen and oxygen atoms in total. The van der Waals surface area contributed by atoms with E-state index < -0.39 is 12.0 Å². The van der Waals surface area contributed by atoms with E-state index in [1.54, 1.807) is 18.0 Å². The minimum absolute atomic E-state index is 0.0831. The monoisotopic (exact) mass is 563 g/mol. The van der Waals surface area contributed by atoms with Crippen molar-refractivity contribution in [1.29, 1.82) is 0 Å². The topological polar surface area (TPSA) is 138 Å². The maximum Gasteiger partial charge on any atom is 0.412 e. The molecule has 218 valence electrons. The van der Waals surface area contributed by atoms with Gasteiger partial charge in [0.05, 0.1) is 25.0 Å². The number of likely N-dealkylation sites (N-methyl/N-ethyl adjacent to an activating group) is 1. The molecule has 3 amide bonds. The SMILES string of the molecule is CCOc1cnc(NC(=O)N(C)[C@@H]2CCCN(c3nccc(NC(=O)OCCN4CCC(F)(F)CC4)n3)C2)cn1. The third-order valence-corrected chi connectivity index (χ3v) is 6.80. The Hall–Kier alpha value is -3.88. The van der Waals surface area contributed by atoms with Crippen LogP contribution in [0.3, 0.4) is 0 Å². The van der Waals surface area contributed by atoms with Gasteiger partial charge in [0.2, 0.25) is 11.8 Å². The van der Waals surface area contributed by atoms with Crippen LogP contribution in [-0.4, -0.2) is 107 Å². The van der Waals surface area contributed by atoms with Gasteiger partial charge in [-0.15, -0.1) is 0 Å². The number of carbonyl (C=O) groups excluding carboxylic acids is 2. The van der Waals surface area contributed by atoms with Gasteiger partial charge >= 0.3 is 12.1 Å². The molecule has 0 bridgehead atoms. The number of amides is 3. The molecule has 0 aromatic carbocycles. The number of alkyl halides is 2. The van der Waals surface area contributed by atoms with E-state index in [2.05, 4.69) is 30.6 Å². The summed E-state index contributed by atoms with van der Waals surface area (Å²) in [5.41, 5.74) is 0. The zero-order chi connectivity index (χ0) is 28.5. The van der Waals surface area contributed by atoms with Gasteiger partial charge in [-0.3, -0.25) is 15.5 Å². The summed E-state index contributed by atoms with van der Waals surface area (Å²) in [4.78, 5) is 47.5. The van der Waals surface area contributed by atoms with Crippen LogP contribution in [0.4, 0.5) is 36.0 Å². The molecule has 40 heavy (non-hydrogen) atoms. The number of carbonyl (C=O) groups is 2. The standard InChI is InChI=1S/C25H35F2N9O4/c1-3-39-21-16-29-20(15-30-21)32-23(37)34(2)18-5-4-10-36(17-18)22-28-9-6-19(31-22)33-24(38)40-14-13-35-11-7-25(26,27)8-12-35/h6,9,15-16,18H,3-5,7-8,10-14,17H2,1-2H3,(H,29,32,37)(H,28,31,33,38)/t18-/m1/s1. The summed E-state index contributed by atoms with van der Waals surface area (Å²) in [5, 5.41) is 5.33. The van der Waals surface area contributed by atoms with Gasteiger partial charge in [0.1, 0.15) is 12.4 Å².